The van der Waals surface area contributed by atoms with Gasteiger partial charge in [-0.05, 0) is 36.8 Å². The van der Waals surface area contributed by atoms with Gasteiger partial charge in [-0.15, -0.1) is 0 Å². The van der Waals surface area contributed by atoms with E-state index in [1.807, 2.05) is 18.2 Å². The van der Waals surface area contributed by atoms with Gasteiger partial charge in [0.1, 0.15) is 5.75 Å². The van der Waals surface area contributed by atoms with Gasteiger partial charge >= 0.3 is 0 Å². The van der Waals surface area contributed by atoms with Crippen LogP contribution in [0.15, 0.2) is 59.5 Å². The fraction of sp³-hybridized carbons (Fsp3) is 0.368. The molecule has 134 valence electrons. The molecule has 0 spiro atoms. The third-order valence-electron chi connectivity index (χ3n) is 4.80. The van der Waals surface area contributed by atoms with E-state index >= 15 is 0 Å². The molecule has 0 bridgehead atoms. The predicted octanol–water partition coefficient (Wildman–Crippen LogP) is 2.76. The van der Waals surface area contributed by atoms with Gasteiger partial charge in [-0.2, -0.15) is 4.31 Å². The third kappa shape index (κ3) is 3.86. The largest absolute Gasteiger partial charge is 0.497 e. The van der Waals surface area contributed by atoms with E-state index in [4.69, 9.17) is 4.74 Å². The maximum atomic E-state index is 12.8. The van der Waals surface area contributed by atoms with E-state index in [9.17, 15) is 8.42 Å². The van der Waals surface area contributed by atoms with Gasteiger partial charge in [-0.1, -0.05) is 30.3 Å². The molecule has 6 heteroatoms. The highest BCUT2D eigenvalue weighted by Crippen LogP contribution is 2.24. The van der Waals surface area contributed by atoms with Crippen molar-refractivity contribution in [1.29, 1.82) is 0 Å². The lowest BCUT2D eigenvalue weighted by Gasteiger charge is -2.37. The highest BCUT2D eigenvalue weighted by Gasteiger charge is 2.30. The minimum absolute atomic E-state index is 0.284. The second-order valence-corrected chi connectivity index (χ2v) is 8.14. The Morgan fingerprint density at radius 2 is 1.52 bits per heavy atom. The number of sulfonamides is 1. The third-order valence-corrected chi connectivity index (χ3v) is 6.71. The fourth-order valence-electron chi connectivity index (χ4n) is 3.17. The summed E-state index contributed by atoms with van der Waals surface area (Å²) in [5, 5.41) is 0. The van der Waals surface area contributed by atoms with Crippen LogP contribution in [0.3, 0.4) is 0 Å². The molecule has 1 aliphatic heterocycles. The summed E-state index contributed by atoms with van der Waals surface area (Å²) in [6.07, 6.45) is 0. The van der Waals surface area contributed by atoms with Crippen LogP contribution in [0.2, 0.25) is 0 Å². The summed E-state index contributed by atoms with van der Waals surface area (Å²) in [6.45, 7) is 4.64. The molecular weight excluding hydrogens is 336 g/mol. The monoisotopic (exact) mass is 360 g/mol. The van der Waals surface area contributed by atoms with Crippen LogP contribution in [0.5, 0.6) is 5.75 Å². The molecule has 2 aromatic rings. The lowest BCUT2D eigenvalue weighted by atomic mass is 10.1. The Morgan fingerprint density at radius 3 is 2.08 bits per heavy atom. The van der Waals surface area contributed by atoms with Crippen molar-refractivity contribution < 1.29 is 13.2 Å². The van der Waals surface area contributed by atoms with Crippen LogP contribution in [-0.4, -0.2) is 50.9 Å². The molecule has 5 nitrogen and oxygen atoms in total. The fourth-order valence-corrected chi connectivity index (χ4v) is 4.59. The summed E-state index contributed by atoms with van der Waals surface area (Å²) in [7, 11) is -1.88. The first-order valence-electron chi connectivity index (χ1n) is 8.45. The number of hydrogen-bond acceptors (Lipinski definition) is 4. The summed E-state index contributed by atoms with van der Waals surface area (Å²) in [4.78, 5) is 2.65. The molecule has 0 saturated carbocycles. The Labute approximate surface area is 149 Å². The molecule has 0 amide bonds. The van der Waals surface area contributed by atoms with Crippen LogP contribution in [0.4, 0.5) is 0 Å². The number of hydrogen-bond donors (Lipinski definition) is 0. The van der Waals surface area contributed by atoms with Gasteiger partial charge in [0.05, 0.1) is 12.0 Å². The first kappa shape index (κ1) is 17.9. The average Bonchev–Trinajstić information content (AvgIpc) is 2.68. The molecule has 1 heterocycles. The highest BCUT2D eigenvalue weighted by atomic mass is 32.2. The van der Waals surface area contributed by atoms with Crippen molar-refractivity contribution in [2.24, 2.45) is 0 Å². The van der Waals surface area contributed by atoms with Crippen LogP contribution in [0, 0.1) is 0 Å². The van der Waals surface area contributed by atoms with Crippen molar-refractivity contribution in [2.45, 2.75) is 17.9 Å². The van der Waals surface area contributed by atoms with Crippen molar-refractivity contribution in [2.75, 3.05) is 33.3 Å². The Morgan fingerprint density at radius 1 is 0.920 bits per heavy atom. The molecule has 2 aromatic carbocycles. The van der Waals surface area contributed by atoms with Gasteiger partial charge in [-0.25, -0.2) is 8.42 Å². The lowest BCUT2D eigenvalue weighted by Crippen LogP contribution is -2.49. The molecular formula is C19H24N2O3S. The quantitative estimate of drug-likeness (QED) is 0.823. The molecule has 1 unspecified atom stereocenters. The number of rotatable bonds is 5. The molecule has 0 aliphatic carbocycles. The lowest BCUT2D eigenvalue weighted by molar-refractivity contribution is 0.146. The number of nitrogens with zero attached hydrogens (tertiary/aromatic N) is 2. The predicted molar refractivity (Wildman–Crippen MR) is 98.2 cm³/mol. The summed E-state index contributed by atoms with van der Waals surface area (Å²) < 4.78 is 32.3. The van der Waals surface area contributed by atoms with Crippen LogP contribution in [-0.2, 0) is 10.0 Å². The number of benzene rings is 2. The van der Waals surface area contributed by atoms with E-state index in [2.05, 4.69) is 24.0 Å². The first-order chi connectivity index (χ1) is 12.0. The maximum Gasteiger partial charge on any atom is 0.243 e. The SMILES string of the molecule is COc1ccc(S(=O)(=O)N2CCN(C(C)c3ccccc3)CC2)cc1. The minimum atomic E-state index is -3.45. The van der Waals surface area contributed by atoms with Crippen molar-refractivity contribution in [3.63, 3.8) is 0 Å². The van der Waals surface area contributed by atoms with Gasteiger partial charge < -0.3 is 4.74 Å². The van der Waals surface area contributed by atoms with Crippen LogP contribution >= 0.6 is 0 Å². The summed E-state index contributed by atoms with van der Waals surface area (Å²) in [6, 6.07) is 17.2. The smallest absolute Gasteiger partial charge is 0.243 e. The number of piperazine rings is 1. The average molecular weight is 360 g/mol. The van der Waals surface area contributed by atoms with Gasteiger partial charge in [0, 0.05) is 32.2 Å². The molecule has 0 N–H and O–H groups in total. The molecule has 1 atom stereocenters. The van der Waals surface area contributed by atoms with E-state index in [0.717, 1.165) is 13.1 Å². The van der Waals surface area contributed by atoms with E-state index in [0.29, 0.717) is 23.7 Å². The Hall–Kier alpha value is -1.89. The van der Waals surface area contributed by atoms with Gasteiger partial charge in [-0.3, -0.25) is 4.90 Å². The standard InChI is InChI=1S/C19H24N2O3S/c1-16(17-6-4-3-5-7-17)20-12-14-21(15-13-20)25(22,23)19-10-8-18(24-2)9-11-19/h3-11,16H,12-15H2,1-2H3. The molecule has 0 radical (unpaired) electrons. The van der Waals surface area contributed by atoms with Gasteiger partial charge in [0.2, 0.25) is 10.0 Å². The Balaban J connectivity index is 1.66. The van der Waals surface area contributed by atoms with Gasteiger partial charge in [0.15, 0.2) is 0 Å². The van der Waals surface area contributed by atoms with Crippen LogP contribution < -0.4 is 4.74 Å². The number of methoxy groups -OCH3 is 1. The second-order valence-electron chi connectivity index (χ2n) is 6.20. The zero-order chi connectivity index (χ0) is 17.9. The van der Waals surface area contributed by atoms with Crippen molar-refractivity contribution in [3.05, 3.63) is 60.2 Å². The summed E-state index contributed by atoms with van der Waals surface area (Å²) >= 11 is 0. The Bertz CT molecular complexity index is 783. The zero-order valence-corrected chi connectivity index (χ0v) is 15.4. The minimum Gasteiger partial charge on any atom is -0.497 e. The Kier molecular flexibility index (Phi) is 5.42. The molecule has 0 aromatic heterocycles. The first-order valence-corrected chi connectivity index (χ1v) is 9.89. The molecule has 3 rings (SSSR count). The van der Waals surface area contributed by atoms with Crippen LogP contribution in [0.25, 0.3) is 0 Å². The summed E-state index contributed by atoms with van der Waals surface area (Å²) in [5.41, 5.74) is 1.26. The van der Waals surface area contributed by atoms with Crippen LogP contribution in [0.1, 0.15) is 18.5 Å². The highest BCUT2D eigenvalue weighted by molar-refractivity contribution is 7.89. The van der Waals surface area contributed by atoms with Crippen molar-refractivity contribution in [1.82, 2.24) is 9.21 Å². The maximum absolute atomic E-state index is 12.8. The van der Waals surface area contributed by atoms with Crippen molar-refractivity contribution in [3.8, 4) is 5.75 Å². The van der Waals surface area contributed by atoms with Gasteiger partial charge in [0.25, 0.3) is 0 Å². The molecule has 1 fully saturated rings. The topological polar surface area (TPSA) is 49.9 Å². The van der Waals surface area contributed by atoms with E-state index in [1.165, 1.54) is 5.56 Å². The molecule has 1 aliphatic rings. The zero-order valence-electron chi connectivity index (χ0n) is 14.6. The van der Waals surface area contributed by atoms with Crippen molar-refractivity contribution >= 4 is 10.0 Å². The van der Waals surface area contributed by atoms with E-state index in [-0.39, 0.29) is 6.04 Å². The van der Waals surface area contributed by atoms with E-state index < -0.39 is 10.0 Å². The molecule has 1 saturated heterocycles. The molecule has 25 heavy (non-hydrogen) atoms. The second kappa shape index (κ2) is 7.56. The van der Waals surface area contributed by atoms with E-state index in [1.54, 1.807) is 35.7 Å². The number of ether oxygens (including phenoxy) is 1. The summed E-state index contributed by atoms with van der Waals surface area (Å²) in [5.74, 6) is 0.653. The normalized spacial score (nSPS) is 18.0.